The monoisotopic (exact) mass is 450 g/mol. The highest BCUT2D eigenvalue weighted by molar-refractivity contribution is 5.78. The number of hydrogen-bond acceptors (Lipinski definition) is 7. The van der Waals surface area contributed by atoms with Crippen molar-refractivity contribution in [3.8, 4) is 17.3 Å². The fourth-order valence-electron chi connectivity index (χ4n) is 3.53. The van der Waals surface area contributed by atoms with Gasteiger partial charge in [0.2, 0.25) is 5.91 Å². The molecule has 0 spiro atoms. The maximum absolute atomic E-state index is 12.6. The maximum atomic E-state index is 12.6. The Kier molecular flexibility index (Phi) is 6.10. The molecule has 170 valence electrons. The number of hydrogen-bond donors (Lipinski definition) is 0. The fourth-order valence-corrected chi connectivity index (χ4v) is 3.53. The number of aromatic nitrogens is 5. The van der Waals surface area contributed by atoms with Gasteiger partial charge in [0, 0.05) is 19.5 Å². The minimum absolute atomic E-state index is 0.0785. The molecule has 32 heavy (non-hydrogen) atoms. The van der Waals surface area contributed by atoms with Gasteiger partial charge in [0.1, 0.15) is 5.75 Å². The third-order valence-corrected chi connectivity index (χ3v) is 5.22. The Morgan fingerprint density at radius 2 is 1.94 bits per heavy atom. The predicted octanol–water partition coefficient (Wildman–Crippen LogP) is 3.20. The number of alkyl halides is 3. The molecule has 1 aromatic carbocycles. The zero-order chi connectivity index (χ0) is 22.7. The molecule has 0 atom stereocenters. The number of aryl methyl sites for hydroxylation is 1. The summed E-state index contributed by atoms with van der Waals surface area (Å²) in [5.74, 6) is 0.537. The molecule has 12 heteroatoms. The Bertz CT molecular complexity index is 1060. The number of carbonyl (C=O) groups is 1. The normalized spacial score (nSPS) is 15.2. The van der Waals surface area contributed by atoms with Gasteiger partial charge >= 0.3 is 6.36 Å². The van der Waals surface area contributed by atoms with E-state index in [1.54, 1.807) is 15.8 Å². The van der Waals surface area contributed by atoms with Gasteiger partial charge in [0.15, 0.2) is 11.5 Å². The summed E-state index contributed by atoms with van der Waals surface area (Å²) in [6.07, 6.45) is -0.791. The largest absolute Gasteiger partial charge is 0.573 e. The van der Waals surface area contributed by atoms with Crippen LogP contribution >= 0.6 is 0 Å². The van der Waals surface area contributed by atoms with E-state index in [0.717, 1.165) is 0 Å². The van der Waals surface area contributed by atoms with Gasteiger partial charge in [-0.1, -0.05) is 29.4 Å². The molecule has 0 unspecified atom stereocenters. The van der Waals surface area contributed by atoms with Gasteiger partial charge in [-0.25, -0.2) is 4.68 Å². The van der Waals surface area contributed by atoms with Crippen LogP contribution in [-0.4, -0.2) is 55.4 Å². The van der Waals surface area contributed by atoms with Crippen LogP contribution in [0.4, 0.5) is 13.2 Å². The standard InChI is InChI=1S/C20H21F3N6O3/c1-2-17-24-19(32-26-17)16-12-29(27-25-16)14-7-9-28(10-8-14)18(30)11-13-3-5-15(6-4-13)31-20(21,22)23/h3-6,12,14H,2,7-11H2,1H3. The van der Waals surface area contributed by atoms with Gasteiger partial charge in [0.05, 0.1) is 18.7 Å². The van der Waals surface area contributed by atoms with Gasteiger partial charge in [0.25, 0.3) is 5.89 Å². The highest BCUT2D eigenvalue weighted by Gasteiger charge is 2.31. The Morgan fingerprint density at radius 3 is 2.56 bits per heavy atom. The van der Waals surface area contributed by atoms with Crippen LogP contribution in [0.1, 0.15) is 37.2 Å². The zero-order valence-corrected chi connectivity index (χ0v) is 17.2. The Hall–Kier alpha value is -3.44. The molecule has 0 bridgehead atoms. The number of likely N-dealkylation sites (tertiary alicyclic amines) is 1. The quantitative estimate of drug-likeness (QED) is 0.569. The van der Waals surface area contributed by atoms with Crippen molar-refractivity contribution >= 4 is 5.91 Å². The van der Waals surface area contributed by atoms with Crippen LogP contribution in [0, 0.1) is 0 Å². The summed E-state index contributed by atoms with van der Waals surface area (Å²) in [5.41, 5.74) is 1.13. The molecule has 1 aliphatic rings. The minimum Gasteiger partial charge on any atom is -0.406 e. The second-order valence-electron chi connectivity index (χ2n) is 7.43. The second-order valence-corrected chi connectivity index (χ2v) is 7.43. The molecule has 0 N–H and O–H groups in total. The lowest BCUT2D eigenvalue weighted by atomic mass is 10.0. The van der Waals surface area contributed by atoms with Crippen molar-refractivity contribution in [1.82, 2.24) is 30.0 Å². The highest BCUT2D eigenvalue weighted by Crippen LogP contribution is 2.25. The van der Waals surface area contributed by atoms with Crippen LogP contribution in [-0.2, 0) is 17.6 Å². The highest BCUT2D eigenvalue weighted by atomic mass is 19.4. The van der Waals surface area contributed by atoms with E-state index in [9.17, 15) is 18.0 Å². The van der Waals surface area contributed by atoms with Gasteiger partial charge in [-0.2, -0.15) is 4.98 Å². The van der Waals surface area contributed by atoms with E-state index in [1.807, 2.05) is 6.92 Å². The first-order valence-electron chi connectivity index (χ1n) is 10.2. The topological polar surface area (TPSA) is 99.2 Å². The van der Waals surface area contributed by atoms with Crippen LogP contribution in [0.15, 0.2) is 35.0 Å². The van der Waals surface area contributed by atoms with E-state index in [2.05, 4.69) is 25.2 Å². The molecule has 1 fully saturated rings. The Balaban J connectivity index is 1.29. The molecule has 1 saturated heterocycles. The van der Waals surface area contributed by atoms with Crippen LogP contribution in [0.25, 0.3) is 11.6 Å². The molecule has 0 aliphatic carbocycles. The van der Waals surface area contributed by atoms with Gasteiger partial charge in [-0.3, -0.25) is 4.79 Å². The number of rotatable bonds is 6. The summed E-state index contributed by atoms with van der Waals surface area (Å²) in [6.45, 7) is 3.03. The summed E-state index contributed by atoms with van der Waals surface area (Å²) in [7, 11) is 0. The maximum Gasteiger partial charge on any atom is 0.573 e. The molecule has 9 nitrogen and oxygen atoms in total. The third kappa shape index (κ3) is 5.24. The van der Waals surface area contributed by atoms with Crippen molar-refractivity contribution in [2.75, 3.05) is 13.1 Å². The van der Waals surface area contributed by atoms with Crippen LogP contribution in [0.3, 0.4) is 0 Å². The number of halogens is 3. The van der Waals surface area contributed by atoms with Crippen LogP contribution < -0.4 is 4.74 Å². The van der Waals surface area contributed by atoms with Crippen LogP contribution in [0.5, 0.6) is 5.75 Å². The van der Waals surface area contributed by atoms with E-state index in [-0.39, 0.29) is 24.1 Å². The van der Waals surface area contributed by atoms with Crippen molar-refractivity contribution in [3.63, 3.8) is 0 Å². The molecule has 0 saturated carbocycles. The first-order chi connectivity index (χ1) is 15.3. The summed E-state index contributed by atoms with van der Waals surface area (Å²) >= 11 is 0. The van der Waals surface area contributed by atoms with Crippen molar-refractivity contribution in [3.05, 3.63) is 41.9 Å². The number of carbonyl (C=O) groups excluding carboxylic acids is 1. The summed E-state index contributed by atoms with van der Waals surface area (Å²) in [4.78, 5) is 18.6. The third-order valence-electron chi connectivity index (χ3n) is 5.22. The fraction of sp³-hybridized carbons (Fsp3) is 0.450. The number of piperidine rings is 1. The molecular formula is C20H21F3N6O3. The molecule has 0 radical (unpaired) electrons. The zero-order valence-electron chi connectivity index (χ0n) is 17.2. The van der Waals surface area contributed by atoms with Crippen molar-refractivity contribution in [2.45, 2.75) is 45.0 Å². The average Bonchev–Trinajstić information content (AvgIpc) is 3.44. The van der Waals surface area contributed by atoms with Gasteiger partial charge in [-0.05, 0) is 30.5 Å². The van der Waals surface area contributed by atoms with Crippen LogP contribution in [0.2, 0.25) is 0 Å². The number of benzene rings is 1. The Morgan fingerprint density at radius 1 is 1.22 bits per heavy atom. The lowest BCUT2D eigenvalue weighted by Gasteiger charge is -2.32. The minimum atomic E-state index is -4.74. The van der Waals surface area contributed by atoms with E-state index >= 15 is 0 Å². The number of ether oxygens (including phenoxy) is 1. The molecule has 4 rings (SSSR count). The Labute approximate surface area is 181 Å². The van der Waals surface area contributed by atoms with E-state index in [1.165, 1.54) is 24.3 Å². The molecule has 1 aliphatic heterocycles. The van der Waals surface area contributed by atoms with Crippen molar-refractivity contribution < 1.29 is 27.2 Å². The smallest absolute Gasteiger partial charge is 0.406 e. The molecule has 1 amide bonds. The lowest BCUT2D eigenvalue weighted by molar-refractivity contribution is -0.274. The number of nitrogens with zero attached hydrogens (tertiary/aromatic N) is 6. The van der Waals surface area contributed by atoms with E-state index in [4.69, 9.17) is 4.52 Å². The summed E-state index contributed by atoms with van der Waals surface area (Å²) in [5, 5.41) is 12.1. The van der Waals surface area contributed by atoms with Gasteiger partial charge in [-0.15, -0.1) is 18.3 Å². The van der Waals surface area contributed by atoms with E-state index < -0.39 is 6.36 Å². The predicted molar refractivity (Wildman–Crippen MR) is 104 cm³/mol. The van der Waals surface area contributed by atoms with Gasteiger partial charge < -0.3 is 14.2 Å². The lowest BCUT2D eigenvalue weighted by Crippen LogP contribution is -2.40. The SMILES string of the molecule is CCc1noc(-c2cn(C3CCN(C(=O)Cc4ccc(OC(F)(F)F)cc4)CC3)nn2)n1. The summed E-state index contributed by atoms with van der Waals surface area (Å²) in [6, 6.07) is 5.43. The molecule has 3 heterocycles. The molecule has 3 aromatic rings. The summed E-state index contributed by atoms with van der Waals surface area (Å²) < 4.78 is 47.5. The second kappa shape index (κ2) is 8.97. The van der Waals surface area contributed by atoms with Crippen molar-refractivity contribution in [1.29, 1.82) is 0 Å². The number of amides is 1. The van der Waals surface area contributed by atoms with E-state index in [0.29, 0.717) is 55.3 Å². The first kappa shape index (κ1) is 21.8. The molecule has 2 aromatic heterocycles. The molecular weight excluding hydrogens is 429 g/mol. The average molecular weight is 450 g/mol. The first-order valence-corrected chi connectivity index (χ1v) is 10.2. The van der Waals surface area contributed by atoms with Crippen molar-refractivity contribution in [2.24, 2.45) is 0 Å².